The van der Waals surface area contributed by atoms with Gasteiger partial charge in [-0.15, -0.1) is 0 Å². The topological polar surface area (TPSA) is 77.1 Å². The van der Waals surface area contributed by atoms with Crippen molar-refractivity contribution in [2.75, 3.05) is 0 Å². The third kappa shape index (κ3) is 2.80. The number of rotatable bonds is 4. The molecule has 0 aliphatic heterocycles. The van der Waals surface area contributed by atoms with E-state index in [1.807, 2.05) is 0 Å². The standard InChI is InChI=1S/C22H29N3O3/c1-12(7-22-8-14-4-15(9-22)6-16(5-14)10-22)24-19(26)17-13(2)28-20-18(17)21(27)25(3)11-23-20/h11-12,14-16H,4-10H2,1-3H3,(H,24,26)/t12-,14?,15?,16?,22?/m1/s1. The second-order valence-electron chi connectivity index (χ2n) is 9.87. The van der Waals surface area contributed by atoms with E-state index in [0.29, 0.717) is 16.7 Å². The molecule has 0 aromatic carbocycles. The van der Waals surface area contributed by atoms with Crippen molar-refractivity contribution >= 4 is 17.0 Å². The Morgan fingerprint density at radius 1 is 1.29 bits per heavy atom. The third-order valence-corrected chi connectivity index (χ3v) is 7.46. The first-order valence-corrected chi connectivity index (χ1v) is 10.6. The summed E-state index contributed by atoms with van der Waals surface area (Å²) in [6, 6.07) is 0.0774. The monoisotopic (exact) mass is 383 g/mol. The van der Waals surface area contributed by atoms with Crippen LogP contribution in [0.25, 0.3) is 11.1 Å². The minimum Gasteiger partial charge on any atom is -0.442 e. The number of fused-ring (bicyclic) bond motifs is 1. The Bertz CT molecular complexity index is 967. The van der Waals surface area contributed by atoms with Gasteiger partial charge in [0.15, 0.2) is 0 Å². The molecule has 2 heterocycles. The lowest BCUT2D eigenvalue weighted by Crippen LogP contribution is -2.49. The summed E-state index contributed by atoms with van der Waals surface area (Å²) in [7, 11) is 1.63. The van der Waals surface area contributed by atoms with Crippen molar-refractivity contribution < 1.29 is 9.21 Å². The fourth-order valence-corrected chi connectivity index (χ4v) is 7.00. The number of nitrogens with one attached hydrogen (secondary N) is 1. The third-order valence-electron chi connectivity index (χ3n) is 7.46. The van der Waals surface area contributed by atoms with Crippen molar-refractivity contribution in [2.45, 2.75) is 64.8 Å². The molecule has 0 spiro atoms. The van der Waals surface area contributed by atoms with Crippen LogP contribution in [0.15, 0.2) is 15.5 Å². The Kier molecular flexibility index (Phi) is 3.97. The number of nitrogens with zero attached hydrogens (tertiary/aromatic N) is 2. The minimum absolute atomic E-state index is 0.0774. The number of hydrogen-bond donors (Lipinski definition) is 1. The van der Waals surface area contributed by atoms with Crippen molar-refractivity contribution in [3.63, 3.8) is 0 Å². The highest BCUT2D eigenvalue weighted by atomic mass is 16.3. The van der Waals surface area contributed by atoms with Crippen LogP contribution in [0.3, 0.4) is 0 Å². The second kappa shape index (κ2) is 6.19. The van der Waals surface area contributed by atoms with Gasteiger partial charge in [0.1, 0.15) is 17.5 Å². The van der Waals surface area contributed by atoms with E-state index in [4.69, 9.17) is 4.42 Å². The summed E-state index contributed by atoms with van der Waals surface area (Å²) in [4.78, 5) is 29.7. The van der Waals surface area contributed by atoms with Crippen LogP contribution in [0.2, 0.25) is 0 Å². The van der Waals surface area contributed by atoms with E-state index in [2.05, 4.69) is 17.2 Å². The summed E-state index contributed by atoms with van der Waals surface area (Å²) < 4.78 is 6.97. The molecular formula is C22H29N3O3. The van der Waals surface area contributed by atoms with E-state index in [1.165, 1.54) is 49.4 Å². The van der Waals surface area contributed by atoms with E-state index in [0.717, 1.165) is 24.2 Å². The molecular weight excluding hydrogens is 354 g/mol. The lowest BCUT2D eigenvalue weighted by molar-refractivity contribution is -0.0607. The van der Waals surface area contributed by atoms with Crippen LogP contribution in [0.5, 0.6) is 0 Å². The van der Waals surface area contributed by atoms with E-state index in [1.54, 1.807) is 14.0 Å². The molecule has 4 fully saturated rings. The van der Waals surface area contributed by atoms with Crippen molar-refractivity contribution in [3.05, 3.63) is 28.0 Å². The van der Waals surface area contributed by atoms with E-state index in [-0.39, 0.29) is 28.6 Å². The zero-order valence-corrected chi connectivity index (χ0v) is 17.0. The van der Waals surface area contributed by atoms with Crippen LogP contribution in [-0.4, -0.2) is 21.5 Å². The van der Waals surface area contributed by atoms with Gasteiger partial charge in [-0.3, -0.25) is 9.59 Å². The number of amides is 1. The Hall–Kier alpha value is -2.11. The summed E-state index contributed by atoms with van der Waals surface area (Å²) in [5.41, 5.74) is 0.730. The zero-order valence-electron chi connectivity index (χ0n) is 17.0. The highest BCUT2D eigenvalue weighted by molar-refractivity contribution is 6.06. The van der Waals surface area contributed by atoms with Gasteiger partial charge in [0.2, 0.25) is 5.71 Å². The number of hydrogen-bond acceptors (Lipinski definition) is 4. The molecule has 2 aromatic rings. The molecule has 28 heavy (non-hydrogen) atoms. The molecule has 150 valence electrons. The largest absolute Gasteiger partial charge is 0.442 e. The number of carbonyl (C=O) groups excluding carboxylic acids is 1. The molecule has 2 aromatic heterocycles. The lowest BCUT2D eigenvalue weighted by Gasteiger charge is -2.57. The Morgan fingerprint density at radius 2 is 1.89 bits per heavy atom. The van der Waals surface area contributed by atoms with E-state index < -0.39 is 0 Å². The average molecular weight is 383 g/mol. The van der Waals surface area contributed by atoms with Crippen LogP contribution in [0.1, 0.15) is 68.0 Å². The molecule has 6 rings (SSSR count). The number of carbonyl (C=O) groups is 1. The van der Waals surface area contributed by atoms with Crippen LogP contribution in [0, 0.1) is 30.1 Å². The molecule has 4 bridgehead atoms. The van der Waals surface area contributed by atoms with Gasteiger partial charge < -0.3 is 14.3 Å². The molecule has 1 atom stereocenters. The van der Waals surface area contributed by atoms with Crippen LogP contribution in [-0.2, 0) is 7.05 Å². The highest BCUT2D eigenvalue weighted by Crippen LogP contribution is 2.61. The van der Waals surface area contributed by atoms with Crippen molar-refractivity contribution in [1.82, 2.24) is 14.9 Å². The summed E-state index contributed by atoms with van der Waals surface area (Å²) in [6.45, 7) is 3.82. The summed E-state index contributed by atoms with van der Waals surface area (Å²) in [5.74, 6) is 2.94. The smallest absolute Gasteiger partial charge is 0.265 e. The first-order valence-electron chi connectivity index (χ1n) is 10.6. The first-order chi connectivity index (χ1) is 13.3. The summed E-state index contributed by atoms with van der Waals surface area (Å²) in [5, 5.41) is 3.44. The first kappa shape index (κ1) is 18.0. The Balaban J connectivity index is 1.36. The quantitative estimate of drug-likeness (QED) is 0.876. The van der Waals surface area contributed by atoms with E-state index in [9.17, 15) is 9.59 Å². The van der Waals surface area contributed by atoms with Crippen LogP contribution < -0.4 is 10.9 Å². The molecule has 4 saturated carbocycles. The SMILES string of the molecule is Cc1oc2ncn(C)c(=O)c2c1C(=O)N[C@H](C)CC12CC3CC(CC(C3)C1)C2. The fraction of sp³-hybridized carbons (Fsp3) is 0.682. The van der Waals surface area contributed by atoms with Gasteiger partial charge >= 0.3 is 0 Å². The molecule has 0 saturated heterocycles. The Morgan fingerprint density at radius 3 is 2.50 bits per heavy atom. The molecule has 6 nitrogen and oxygen atoms in total. The van der Waals surface area contributed by atoms with Gasteiger partial charge in [-0.1, -0.05) is 0 Å². The maximum Gasteiger partial charge on any atom is 0.265 e. The van der Waals surface area contributed by atoms with Crippen molar-refractivity contribution in [1.29, 1.82) is 0 Å². The predicted molar refractivity (Wildman–Crippen MR) is 106 cm³/mol. The van der Waals surface area contributed by atoms with Gasteiger partial charge in [-0.05, 0) is 82.0 Å². The number of furan rings is 1. The zero-order chi connectivity index (χ0) is 19.6. The lowest BCUT2D eigenvalue weighted by atomic mass is 9.48. The van der Waals surface area contributed by atoms with Crippen LogP contribution in [0.4, 0.5) is 0 Å². The van der Waals surface area contributed by atoms with Gasteiger partial charge in [0.25, 0.3) is 11.5 Å². The summed E-state index contributed by atoms with van der Waals surface area (Å²) in [6.07, 6.45) is 10.7. The molecule has 1 N–H and O–H groups in total. The number of aromatic nitrogens is 2. The molecule has 0 radical (unpaired) electrons. The fourth-order valence-electron chi connectivity index (χ4n) is 7.00. The van der Waals surface area contributed by atoms with Crippen molar-refractivity contribution in [2.24, 2.45) is 30.2 Å². The molecule has 4 aliphatic carbocycles. The maximum atomic E-state index is 13.1. The van der Waals surface area contributed by atoms with Gasteiger partial charge in [0, 0.05) is 13.1 Å². The molecule has 0 unspecified atom stereocenters. The second-order valence-corrected chi connectivity index (χ2v) is 9.87. The maximum absolute atomic E-state index is 13.1. The van der Waals surface area contributed by atoms with E-state index >= 15 is 0 Å². The molecule has 6 heteroatoms. The van der Waals surface area contributed by atoms with Gasteiger partial charge in [-0.2, -0.15) is 0 Å². The van der Waals surface area contributed by atoms with Gasteiger partial charge in [-0.25, -0.2) is 4.98 Å². The van der Waals surface area contributed by atoms with Gasteiger partial charge in [0.05, 0.1) is 5.56 Å². The Labute approximate surface area is 164 Å². The molecule has 4 aliphatic rings. The predicted octanol–water partition coefficient (Wildman–Crippen LogP) is 3.56. The normalized spacial score (nSPS) is 32.0. The summed E-state index contributed by atoms with van der Waals surface area (Å²) >= 11 is 0. The highest BCUT2D eigenvalue weighted by Gasteiger charge is 2.51. The minimum atomic E-state index is -0.249. The average Bonchev–Trinajstić information content (AvgIpc) is 2.93. The van der Waals surface area contributed by atoms with Crippen molar-refractivity contribution in [3.8, 4) is 0 Å². The van der Waals surface area contributed by atoms with Crippen LogP contribution >= 0.6 is 0 Å². The molecule has 1 amide bonds. The number of aryl methyl sites for hydroxylation is 2.